The highest BCUT2D eigenvalue weighted by molar-refractivity contribution is 5.93. The summed E-state index contributed by atoms with van der Waals surface area (Å²) in [5.74, 6) is 0. The standard InChI is InChI=1S/C14H17N3/c1-15-13-6-7-16-14-5-4-11(10-12(13)14)17-8-2-3-9-17/h4-7,10H,2-3,8-9H2,1H3,(H,15,16). The number of nitrogens with zero attached hydrogens (tertiary/aromatic N) is 2. The van der Waals surface area contributed by atoms with Crippen molar-refractivity contribution in [2.75, 3.05) is 30.4 Å². The maximum atomic E-state index is 4.40. The zero-order chi connectivity index (χ0) is 11.7. The van der Waals surface area contributed by atoms with Crippen LogP contribution in [0, 0.1) is 0 Å². The first-order chi connectivity index (χ1) is 8.38. The molecule has 0 bridgehead atoms. The number of nitrogens with one attached hydrogen (secondary N) is 1. The third-order valence-electron chi connectivity index (χ3n) is 3.47. The number of pyridine rings is 1. The second-order valence-electron chi connectivity index (χ2n) is 4.50. The summed E-state index contributed by atoms with van der Waals surface area (Å²) in [5, 5.41) is 4.44. The molecule has 1 aliphatic heterocycles. The van der Waals surface area contributed by atoms with Crippen LogP contribution in [-0.2, 0) is 0 Å². The normalized spacial score (nSPS) is 15.5. The molecule has 3 heteroatoms. The molecule has 0 amide bonds. The maximum absolute atomic E-state index is 4.40. The van der Waals surface area contributed by atoms with Crippen LogP contribution in [0.2, 0.25) is 0 Å². The Balaban J connectivity index is 2.10. The van der Waals surface area contributed by atoms with E-state index in [1.54, 1.807) is 0 Å². The van der Waals surface area contributed by atoms with Gasteiger partial charge in [-0.3, -0.25) is 4.98 Å². The molecule has 2 heterocycles. The van der Waals surface area contributed by atoms with Crippen LogP contribution in [0.15, 0.2) is 30.5 Å². The van der Waals surface area contributed by atoms with Gasteiger partial charge in [-0.2, -0.15) is 0 Å². The number of anilines is 2. The van der Waals surface area contributed by atoms with Gasteiger partial charge < -0.3 is 10.2 Å². The lowest BCUT2D eigenvalue weighted by Crippen LogP contribution is -2.17. The van der Waals surface area contributed by atoms with E-state index in [2.05, 4.69) is 33.4 Å². The largest absolute Gasteiger partial charge is 0.388 e. The minimum Gasteiger partial charge on any atom is -0.388 e. The van der Waals surface area contributed by atoms with Crippen LogP contribution in [0.4, 0.5) is 11.4 Å². The van der Waals surface area contributed by atoms with Crippen LogP contribution in [0.3, 0.4) is 0 Å². The van der Waals surface area contributed by atoms with E-state index >= 15 is 0 Å². The Kier molecular flexibility index (Phi) is 2.59. The highest BCUT2D eigenvalue weighted by Crippen LogP contribution is 2.28. The van der Waals surface area contributed by atoms with Crippen molar-refractivity contribution in [3.8, 4) is 0 Å². The molecule has 1 fully saturated rings. The predicted octanol–water partition coefficient (Wildman–Crippen LogP) is 2.88. The van der Waals surface area contributed by atoms with Crippen molar-refractivity contribution in [1.82, 2.24) is 4.98 Å². The Morgan fingerprint density at radius 2 is 2.00 bits per heavy atom. The van der Waals surface area contributed by atoms with Crippen molar-refractivity contribution in [3.05, 3.63) is 30.5 Å². The first-order valence-electron chi connectivity index (χ1n) is 6.20. The average molecular weight is 227 g/mol. The Morgan fingerprint density at radius 3 is 2.76 bits per heavy atom. The van der Waals surface area contributed by atoms with Gasteiger partial charge in [-0.1, -0.05) is 0 Å². The van der Waals surface area contributed by atoms with E-state index in [4.69, 9.17) is 0 Å². The second kappa shape index (κ2) is 4.24. The third kappa shape index (κ3) is 1.82. The molecule has 0 atom stereocenters. The molecule has 0 spiro atoms. The Bertz CT molecular complexity index is 530. The van der Waals surface area contributed by atoms with E-state index in [-0.39, 0.29) is 0 Å². The summed E-state index contributed by atoms with van der Waals surface area (Å²) in [4.78, 5) is 6.85. The van der Waals surface area contributed by atoms with Crippen molar-refractivity contribution in [3.63, 3.8) is 0 Å². The van der Waals surface area contributed by atoms with E-state index in [1.165, 1.54) is 37.0 Å². The van der Waals surface area contributed by atoms with Crippen molar-refractivity contribution in [1.29, 1.82) is 0 Å². The van der Waals surface area contributed by atoms with Gasteiger partial charge in [-0.15, -0.1) is 0 Å². The van der Waals surface area contributed by atoms with Gasteiger partial charge in [0.2, 0.25) is 0 Å². The van der Waals surface area contributed by atoms with Gasteiger partial charge in [-0.05, 0) is 37.1 Å². The van der Waals surface area contributed by atoms with Gasteiger partial charge in [0.05, 0.1) is 5.52 Å². The number of hydrogen-bond acceptors (Lipinski definition) is 3. The molecule has 1 saturated heterocycles. The molecule has 0 radical (unpaired) electrons. The minimum absolute atomic E-state index is 1.06. The van der Waals surface area contributed by atoms with Crippen molar-refractivity contribution < 1.29 is 0 Å². The second-order valence-corrected chi connectivity index (χ2v) is 4.50. The molecule has 3 nitrogen and oxygen atoms in total. The molecule has 1 N–H and O–H groups in total. The quantitative estimate of drug-likeness (QED) is 0.855. The summed E-state index contributed by atoms with van der Waals surface area (Å²) >= 11 is 0. The van der Waals surface area contributed by atoms with E-state index in [1.807, 2.05) is 19.3 Å². The number of aromatic nitrogens is 1. The molecular formula is C14H17N3. The fourth-order valence-corrected chi connectivity index (χ4v) is 2.52. The lowest BCUT2D eigenvalue weighted by molar-refractivity contribution is 0.949. The van der Waals surface area contributed by atoms with Crippen LogP contribution in [-0.4, -0.2) is 25.1 Å². The maximum Gasteiger partial charge on any atom is 0.0724 e. The van der Waals surface area contributed by atoms with Gasteiger partial charge in [0, 0.05) is 43.1 Å². The van der Waals surface area contributed by atoms with Crippen LogP contribution in [0.5, 0.6) is 0 Å². The van der Waals surface area contributed by atoms with Crippen molar-refractivity contribution >= 4 is 22.3 Å². The average Bonchev–Trinajstić information content (AvgIpc) is 2.91. The Morgan fingerprint density at radius 1 is 1.18 bits per heavy atom. The van der Waals surface area contributed by atoms with Crippen LogP contribution in [0.25, 0.3) is 10.9 Å². The van der Waals surface area contributed by atoms with E-state index in [0.717, 1.165) is 11.2 Å². The van der Waals surface area contributed by atoms with E-state index in [0.29, 0.717) is 0 Å². The van der Waals surface area contributed by atoms with Gasteiger partial charge in [0.25, 0.3) is 0 Å². The SMILES string of the molecule is CNc1ccnc2ccc(N3CCCC3)cc12. The molecular weight excluding hydrogens is 210 g/mol. The zero-order valence-corrected chi connectivity index (χ0v) is 10.1. The van der Waals surface area contributed by atoms with E-state index < -0.39 is 0 Å². The summed E-state index contributed by atoms with van der Waals surface area (Å²) in [6.07, 6.45) is 4.47. The van der Waals surface area contributed by atoms with Crippen molar-refractivity contribution in [2.24, 2.45) is 0 Å². The highest BCUT2D eigenvalue weighted by Gasteiger charge is 2.13. The molecule has 17 heavy (non-hydrogen) atoms. The molecule has 88 valence electrons. The molecule has 1 aliphatic rings. The van der Waals surface area contributed by atoms with Crippen LogP contribution in [0.1, 0.15) is 12.8 Å². The Hall–Kier alpha value is -1.77. The number of fused-ring (bicyclic) bond motifs is 1. The lowest BCUT2D eigenvalue weighted by Gasteiger charge is -2.18. The summed E-state index contributed by atoms with van der Waals surface area (Å²) in [5.41, 5.74) is 3.52. The summed E-state index contributed by atoms with van der Waals surface area (Å²) < 4.78 is 0. The summed E-state index contributed by atoms with van der Waals surface area (Å²) in [6.45, 7) is 2.36. The topological polar surface area (TPSA) is 28.2 Å². The first kappa shape index (κ1) is 10.4. The first-order valence-corrected chi connectivity index (χ1v) is 6.20. The fraction of sp³-hybridized carbons (Fsp3) is 0.357. The molecule has 1 aromatic heterocycles. The van der Waals surface area contributed by atoms with Crippen LogP contribution >= 0.6 is 0 Å². The molecule has 0 saturated carbocycles. The number of benzene rings is 1. The fourth-order valence-electron chi connectivity index (χ4n) is 2.52. The molecule has 2 aromatic rings. The van der Waals surface area contributed by atoms with Crippen LogP contribution < -0.4 is 10.2 Å². The van der Waals surface area contributed by atoms with Gasteiger partial charge >= 0.3 is 0 Å². The van der Waals surface area contributed by atoms with Crippen molar-refractivity contribution in [2.45, 2.75) is 12.8 Å². The third-order valence-corrected chi connectivity index (χ3v) is 3.47. The summed E-state index contributed by atoms with van der Waals surface area (Å²) in [7, 11) is 1.96. The minimum atomic E-state index is 1.06. The molecule has 3 rings (SSSR count). The van der Waals surface area contributed by atoms with E-state index in [9.17, 15) is 0 Å². The van der Waals surface area contributed by atoms with Gasteiger partial charge in [0.1, 0.15) is 0 Å². The smallest absolute Gasteiger partial charge is 0.0724 e. The van der Waals surface area contributed by atoms with Gasteiger partial charge in [-0.25, -0.2) is 0 Å². The molecule has 1 aromatic carbocycles. The zero-order valence-electron chi connectivity index (χ0n) is 10.1. The van der Waals surface area contributed by atoms with Gasteiger partial charge in [0.15, 0.2) is 0 Å². The number of rotatable bonds is 2. The number of hydrogen-bond donors (Lipinski definition) is 1. The molecule has 0 unspecified atom stereocenters. The predicted molar refractivity (Wildman–Crippen MR) is 72.7 cm³/mol. The summed E-state index contributed by atoms with van der Waals surface area (Å²) in [6, 6.07) is 8.57. The highest BCUT2D eigenvalue weighted by atomic mass is 15.1. The lowest BCUT2D eigenvalue weighted by atomic mass is 10.1. The Labute approximate surface area is 101 Å². The molecule has 0 aliphatic carbocycles. The monoisotopic (exact) mass is 227 g/mol.